The SMILES string of the molecule is CC(C)(C)OC(=O)N1CCC2(C1)CN([C@@H](c1nc(-c3ccccc3)cn1Cc1ccccc1)C(C)(C)C)C(=O)O2. The zero-order valence-corrected chi connectivity index (χ0v) is 24.4. The Kier molecular flexibility index (Phi) is 7.15. The third kappa shape index (κ3) is 5.86. The molecule has 2 fully saturated rings. The van der Waals surface area contributed by atoms with E-state index in [1.54, 1.807) is 4.90 Å². The summed E-state index contributed by atoms with van der Waals surface area (Å²) in [6.45, 7) is 13.7. The number of ether oxygens (including phenoxy) is 2. The highest BCUT2D eigenvalue weighted by Gasteiger charge is 2.55. The number of hydrogen-bond acceptors (Lipinski definition) is 5. The van der Waals surface area contributed by atoms with Crippen LogP contribution < -0.4 is 0 Å². The first-order chi connectivity index (χ1) is 18.8. The molecule has 2 aromatic carbocycles. The number of aromatic nitrogens is 2. The van der Waals surface area contributed by atoms with Crippen LogP contribution >= 0.6 is 0 Å². The van der Waals surface area contributed by atoms with Gasteiger partial charge in [-0.05, 0) is 31.7 Å². The number of likely N-dealkylation sites (tertiary alicyclic amines) is 1. The van der Waals surface area contributed by atoms with Gasteiger partial charge in [0, 0.05) is 31.3 Å². The van der Waals surface area contributed by atoms with Gasteiger partial charge in [0.2, 0.25) is 0 Å². The lowest BCUT2D eigenvalue weighted by Crippen LogP contribution is -2.43. The van der Waals surface area contributed by atoms with Gasteiger partial charge in [0.15, 0.2) is 5.60 Å². The number of imidazole rings is 1. The first kappa shape index (κ1) is 27.7. The molecular formula is C32H40N4O4. The van der Waals surface area contributed by atoms with Crippen molar-refractivity contribution >= 4 is 12.2 Å². The summed E-state index contributed by atoms with van der Waals surface area (Å²) in [5.41, 5.74) is 1.33. The van der Waals surface area contributed by atoms with Gasteiger partial charge in [-0.1, -0.05) is 81.4 Å². The summed E-state index contributed by atoms with van der Waals surface area (Å²) >= 11 is 0. The van der Waals surface area contributed by atoms with E-state index >= 15 is 0 Å². The van der Waals surface area contributed by atoms with Crippen molar-refractivity contribution in [1.82, 2.24) is 19.4 Å². The van der Waals surface area contributed by atoms with Crippen molar-refractivity contribution < 1.29 is 19.1 Å². The van der Waals surface area contributed by atoms with Gasteiger partial charge in [0.25, 0.3) is 0 Å². The standard InChI is InChI=1S/C32H40N4O4/c1-30(2,3)26(36-22-32(40-29(36)38)17-18-34(21-32)28(37)39-31(4,5)6)27-33-25(24-15-11-8-12-16-24)20-35(27)19-23-13-9-7-10-14-23/h7-16,20,26H,17-19,21-22H2,1-6H3/t26-,32?/m0/s1. The number of rotatable bonds is 5. The second kappa shape index (κ2) is 10.3. The summed E-state index contributed by atoms with van der Waals surface area (Å²) in [7, 11) is 0. The van der Waals surface area contributed by atoms with Gasteiger partial charge in [-0.2, -0.15) is 0 Å². The Balaban J connectivity index is 1.48. The Morgan fingerprint density at radius 1 is 1.00 bits per heavy atom. The molecule has 1 aromatic heterocycles. The predicted molar refractivity (Wildman–Crippen MR) is 154 cm³/mol. The van der Waals surface area contributed by atoms with Crippen LogP contribution in [0.1, 0.15) is 65.4 Å². The Morgan fingerprint density at radius 2 is 1.65 bits per heavy atom. The van der Waals surface area contributed by atoms with Gasteiger partial charge in [-0.15, -0.1) is 0 Å². The van der Waals surface area contributed by atoms with Gasteiger partial charge in [-0.3, -0.25) is 4.90 Å². The van der Waals surface area contributed by atoms with E-state index < -0.39 is 11.2 Å². The molecule has 8 heteroatoms. The van der Waals surface area contributed by atoms with E-state index in [-0.39, 0.29) is 23.6 Å². The molecule has 2 aliphatic heterocycles. The maximum Gasteiger partial charge on any atom is 0.411 e. The van der Waals surface area contributed by atoms with E-state index in [9.17, 15) is 9.59 Å². The Hall–Kier alpha value is -3.81. The summed E-state index contributed by atoms with van der Waals surface area (Å²) in [4.78, 5) is 35.0. The average Bonchev–Trinajstić information content (AvgIpc) is 3.56. The summed E-state index contributed by atoms with van der Waals surface area (Å²) in [6, 6.07) is 20.0. The number of nitrogens with zero attached hydrogens (tertiary/aromatic N) is 4. The Bertz CT molecular complexity index is 1360. The highest BCUT2D eigenvalue weighted by molar-refractivity contribution is 5.73. The summed E-state index contributed by atoms with van der Waals surface area (Å²) in [5.74, 6) is 0.811. The maximum absolute atomic E-state index is 13.6. The molecule has 40 heavy (non-hydrogen) atoms. The molecule has 1 unspecified atom stereocenters. The van der Waals surface area contributed by atoms with Crippen LogP contribution in [0.5, 0.6) is 0 Å². The largest absolute Gasteiger partial charge is 0.444 e. The van der Waals surface area contributed by atoms with Crippen LogP contribution in [0.2, 0.25) is 0 Å². The quantitative estimate of drug-likeness (QED) is 0.366. The molecule has 3 aromatic rings. The molecule has 0 bridgehead atoms. The summed E-state index contributed by atoms with van der Waals surface area (Å²) in [6.07, 6.45) is 1.89. The van der Waals surface area contributed by atoms with Crippen LogP contribution in [0.4, 0.5) is 9.59 Å². The molecule has 2 aliphatic rings. The highest BCUT2D eigenvalue weighted by atomic mass is 16.6. The van der Waals surface area contributed by atoms with Crippen molar-refractivity contribution in [2.24, 2.45) is 5.41 Å². The Morgan fingerprint density at radius 3 is 2.27 bits per heavy atom. The van der Waals surface area contributed by atoms with E-state index in [1.807, 2.05) is 74.2 Å². The lowest BCUT2D eigenvalue weighted by Gasteiger charge is -2.36. The Labute approximate surface area is 236 Å². The third-order valence-electron chi connectivity index (χ3n) is 7.41. The fraction of sp³-hybridized carbons (Fsp3) is 0.469. The smallest absolute Gasteiger partial charge is 0.411 e. The monoisotopic (exact) mass is 544 g/mol. The average molecular weight is 545 g/mol. The van der Waals surface area contributed by atoms with Crippen molar-refractivity contribution in [2.75, 3.05) is 19.6 Å². The van der Waals surface area contributed by atoms with Crippen LogP contribution in [0.15, 0.2) is 66.9 Å². The van der Waals surface area contributed by atoms with Crippen LogP contribution in [0.3, 0.4) is 0 Å². The third-order valence-corrected chi connectivity index (χ3v) is 7.41. The molecular weight excluding hydrogens is 504 g/mol. The fourth-order valence-corrected chi connectivity index (χ4v) is 5.68. The maximum atomic E-state index is 13.6. The summed E-state index contributed by atoms with van der Waals surface area (Å²) in [5, 5.41) is 0. The van der Waals surface area contributed by atoms with Crippen molar-refractivity contribution in [1.29, 1.82) is 0 Å². The topological polar surface area (TPSA) is 76.9 Å². The van der Waals surface area contributed by atoms with Gasteiger partial charge in [0.05, 0.1) is 24.8 Å². The minimum Gasteiger partial charge on any atom is -0.444 e. The lowest BCUT2D eigenvalue weighted by atomic mass is 9.84. The number of benzene rings is 2. The molecule has 2 saturated heterocycles. The minimum atomic E-state index is -0.767. The second-order valence-electron chi connectivity index (χ2n) is 13.1. The van der Waals surface area contributed by atoms with Crippen molar-refractivity contribution in [2.45, 2.75) is 71.8 Å². The molecule has 8 nitrogen and oxygen atoms in total. The van der Waals surface area contributed by atoms with Crippen molar-refractivity contribution in [3.63, 3.8) is 0 Å². The molecule has 2 atom stereocenters. The van der Waals surface area contributed by atoms with Crippen LogP contribution in [-0.2, 0) is 16.0 Å². The molecule has 5 rings (SSSR count). The molecule has 1 spiro atoms. The van der Waals surface area contributed by atoms with E-state index in [0.29, 0.717) is 32.6 Å². The molecule has 0 N–H and O–H groups in total. The number of carbonyl (C=O) groups excluding carboxylic acids is 2. The zero-order chi connectivity index (χ0) is 28.7. The predicted octanol–water partition coefficient (Wildman–Crippen LogP) is 6.52. The zero-order valence-electron chi connectivity index (χ0n) is 24.4. The highest BCUT2D eigenvalue weighted by Crippen LogP contribution is 2.44. The minimum absolute atomic E-state index is 0.314. The first-order valence-corrected chi connectivity index (χ1v) is 14.0. The number of amides is 2. The molecule has 0 saturated carbocycles. The first-order valence-electron chi connectivity index (χ1n) is 14.0. The van der Waals surface area contributed by atoms with Crippen LogP contribution in [-0.4, -0.2) is 62.4 Å². The van der Waals surface area contributed by atoms with E-state index in [0.717, 1.165) is 22.6 Å². The van der Waals surface area contributed by atoms with E-state index in [4.69, 9.17) is 14.5 Å². The summed E-state index contributed by atoms with van der Waals surface area (Å²) < 4.78 is 13.8. The van der Waals surface area contributed by atoms with Gasteiger partial charge >= 0.3 is 12.2 Å². The van der Waals surface area contributed by atoms with E-state index in [2.05, 4.69) is 43.7 Å². The molecule has 3 heterocycles. The fourth-order valence-electron chi connectivity index (χ4n) is 5.68. The lowest BCUT2D eigenvalue weighted by molar-refractivity contribution is 0.0200. The molecule has 2 amide bonds. The normalized spacial score (nSPS) is 20.2. The molecule has 0 aliphatic carbocycles. The van der Waals surface area contributed by atoms with E-state index in [1.165, 1.54) is 0 Å². The van der Waals surface area contributed by atoms with Crippen LogP contribution in [0.25, 0.3) is 11.3 Å². The van der Waals surface area contributed by atoms with Crippen molar-refractivity contribution in [3.8, 4) is 11.3 Å². The van der Waals surface area contributed by atoms with Gasteiger partial charge < -0.3 is 18.9 Å². The number of carbonyl (C=O) groups is 2. The van der Waals surface area contributed by atoms with Gasteiger partial charge in [-0.25, -0.2) is 14.6 Å². The van der Waals surface area contributed by atoms with Gasteiger partial charge in [0.1, 0.15) is 11.4 Å². The van der Waals surface area contributed by atoms with Crippen molar-refractivity contribution in [3.05, 3.63) is 78.2 Å². The molecule has 212 valence electrons. The van der Waals surface area contributed by atoms with Crippen LogP contribution in [0, 0.1) is 5.41 Å². The second-order valence-corrected chi connectivity index (χ2v) is 13.1. The number of hydrogen-bond donors (Lipinski definition) is 0. The molecule has 0 radical (unpaired) electrons.